The highest BCUT2D eigenvalue weighted by Crippen LogP contribution is 2.43. The molecule has 32 heavy (non-hydrogen) atoms. The second kappa shape index (κ2) is 6.78. The molecule has 0 bridgehead atoms. The zero-order valence-electron chi connectivity index (χ0n) is 17.9. The lowest BCUT2D eigenvalue weighted by atomic mass is 10.1. The van der Waals surface area contributed by atoms with Crippen LogP contribution in [0.3, 0.4) is 0 Å². The Bertz CT molecular complexity index is 1680. The summed E-state index contributed by atoms with van der Waals surface area (Å²) in [6.45, 7) is 4.36. The Labute approximate surface area is 201 Å². The minimum Gasteiger partial charge on any atom is -0.344 e. The van der Waals surface area contributed by atoms with Crippen molar-refractivity contribution in [3.8, 4) is 19.5 Å². The topological polar surface area (TPSA) is 4.93 Å². The van der Waals surface area contributed by atoms with Gasteiger partial charge in [0.05, 0.1) is 0 Å². The van der Waals surface area contributed by atoms with Gasteiger partial charge in [0.15, 0.2) is 0 Å². The lowest BCUT2D eigenvalue weighted by Crippen LogP contribution is -1.85. The fraction of sp³-hybridized carbons (Fsp3) is 0.111. The maximum absolute atomic E-state index is 2.41. The van der Waals surface area contributed by atoms with Gasteiger partial charge in [-0.3, -0.25) is 0 Å². The average molecular weight is 486 g/mol. The summed E-state index contributed by atoms with van der Waals surface area (Å²) < 4.78 is 5.10. The molecule has 0 radical (unpaired) electrons. The van der Waals surface area contributed by atoms with Crippen LogP contribution in [0.5, 0.6) is 0 Å². The van der Waals surface area contributed by atoms with Gasteiger partial charge < -0.3 is 4.57 Å². The molecule has 0 unspecified atom stereocenters. The van der Waals surface area contributed by atoms with Crippen molar-refractivity contribution in [1.29, 1.82) is 0 Å². The molecule has 0 amide bonds. The molecule has 5 heteroatoms. The van der Waals surface area contributed by atoms with Gasteiger partial charge in [0.2, 0.25) is 0 Å². The van der Waals surface area contributed by atoms with Gasteiger partial charge in [0.25, 0.3) is 0 Å². The second-order valence-corrected chi connectivity index (χ2v) is 13.2. The van der Waals surface area contributed by atoms with Crippen molar-refractivity contribution in [3.63, 3.8) is 0 Å². The molecule has 1 nitrogen and oxygen atoms in total. The Kier molecular flexibility index (Phi) is 4.04. The van der Waals surface area contributed by atoms with Crippen molar-refractivity contribution in [2.24, 2.45) is 7.05 Å². The number of aromatic nitrogens is 1. The third kappa shape index (κ3) is 2.78. The zero-order valence-corrected chi connectivity index (χ0v) is 21.1. The fourth-order valence-electron chi connectivity index (χ4n) is 4.64. The zero-order chi connectivity index (χ0) is 21.6. The highest BCUT2D eigenvalue weighted by molar-refractivity contribution is 7.26. The molecule has 0 fully saturated rings. The third-order valence-corrected chi connectivity index (χ3v) is 10.8. The van der Waals surface area contributed by atoms with Crippen LogP contribution in [0.2, 0.25) is 0 Å². The summed E-state index contributed by atoms with van der Waals surface area (Å²) in [7, 11) is 2.20. The highest BCUT2D eigenvalue weighted by atomic mass is 32.1. The van der Waals surface area contributed by atoms with E-state index >= 15 is 0 Å². The molecule has 2 aromatic carbocycles. The normalized spacial score (nSPS) is 12.2. The van der Waals surface area contributed by atoms with Crippen LogP contribution in [0.15, 0.2) is 60.7 Å². The largest absolute Gasteiger partial charge is 0.344 e. The molecule has 0 N–H and O–H groups in total. The van der Waals surface area contributed by atoms with E-state index in [1.807, 2.05) is 45.3 Å². The lowest BCUT2D eigenvalue weighted by molar-refractivity contribution is 1.02. The monoisotopic (exact) mass is 485 g/mol. The molecule has 0 spiro atoms. The van der Waals surface area contributed by atoms with Gasteiger partial charge in [-0.15, -0.1) is 45.3 Å². The summed E-state index contributed by atoms with van der Waals surface area (Å²) >= 11 is 7.58. The predicted octanol–water partition coefficient (Wildman–Crippen LogP) is 9.83. The number of aryl methyl sites for hydroxylation is 3. The maximum Gasteiger partial charge on any atom is 0.0495 e. The molecule has 0 aliphatic heterocycles. The molecule has 0 atom stereocenters. The summed E-state index contributed by atoms with van der Waals surface area (Å²) in [5.74, 6) is 0. The van der Waals surface area contributed by atoms with Gasteiger partial charge in [-0.2, -0.15) is 0 Å². The van der Waals surface area contributed by atoms with E-state index in [0.717, 1.165) is 0 Å². The van der Waals surface area contributed by atoms with E-state index in [4.69, 9.17) is 0 Å². The van der Waals surface area contributed by atoms with Gasteiger partial charge in [-0.25, -0.2) is 0 Å². The molecule has 0 saturated heterocycles. The van der Waals surface area contributed by atoms with Crippen molar-refractivity contribution < 1.29 is 0 Å². The van der Waals surface area contributed by atoms with Crippen molar-refractivity contribution in [3.05, 3.63) is 70.4 Å². The van der Waals surface area contributed by atoms with Crippen LogP contribution in [0, 0.1) is 13.8 Å². The van der Waals surface area contributed by atoms with E-state index in [2.05, 4.69) is 86.1 Å². The van der Waals surface area contributed by atoms with E-state index in [9.17, 15) is 0 Å². The van der Waals surface area contributed by atoms with E-state index in [0.29, 0.717) is 0 Å². The molecule has 5 heterocycles. The minimum absolute atomic E-state index is 1.31. The van der Waals surface area contributed by atoms with Crippen LogP contribution < -0.4 is 0 Å². The van der Waals surface area contributed by atoms with Gasteiger partial charge in [-0.1, -0.05) is 0 Å². The van der Waals surface area contributed by atoms with Crippen LogP contribution in [-0.2, 0) is 7.05 Å². The molecule has 5 aromatic heterocycles. The first-order valence-electron chi connectivity index (χ1n) is 10.6. The molecule has 156 valence electrons. The highest BCUT2D eigenvalue weighted by Gasteiger charge is 2.15. The molecule has 7 aromatic rings. The fourth-order valence-corrected chi connectivity index (χ4v) is 8.71. The van der Waals surface area contributed by atoms with E-state index in [-0.39, 0.29) is 0 Å². The average Bonchev–Trinajstić information content (AvgIpc) is 3.57. The lowest BCUT2D eigenvalue weighted by Gasteiger charge is -1.98. The molecule has 0 aliphatic carbocycles. The van der Waals surface area contributed by atoms with Gasteiger partial charge in [0, 0.05) is 67.5 Å². The summed E-state index contributed by atoms with van der Waals surface area (Å²) in [6.07, 6.45) is 0. The quantitative estimate of drug-likeness (QED) is 0.230. The number of nitrogens with zero attached hydrogens (tertiary/aromatic N) is 1. The number of rotatable bonds is 2. The van der Waals surface area contributed by atoms with Gasteiger partial charge in [-0.05, 0) is 85.3 Å². The Morgan fingerprint density at radius 1 is 0.531 bits per heavy atom. The molecule has 0 aliphatic rings. The number of benzene rings is 2. The second-order valence-electron chi connectivity index (χ2n) is 8.42. The summed E-state index contributed by atoms with van der Waals surface area (Å²) in [5.41, 5.74) is 2.62. The molecular formula is C27H19NS4. The van der Waals surface area contributed by atoms with Crippen molar-refractivity contribution in [1.82, 2.24) is 4.57 Å². The standard InChI is InChI=1S/C27H19NS4/c1-14-4-6-22(29-14)26-10-16-8-20-18(12-24(16)31-26)19-13-25-17(9-21(19)28(20)3)11-27(32-25)23-7-5-15(2)30-23/h4-13H,1-3H3. The van der Waals surface area contributed by atoms with E-state index < -0.39 is 0 Å². The minimum atomic E-state index is 1.31. The number of hydrogen-bond acceptors (Lipinski definition) is 4. The first kappa shape index (κ1) is 19.1. The predicted molar refractivity (Wildman–Crippen MR) is 147 cm³/mol. The number of thiophene rings is 4. The van der Waals surface area contributed by atoms with Crippen molar-refractivity contribution >= 4 is 87.3 Å². The third-order valence-electron chi connectivity index (χ3n) is 6.25. The van der Waals surface area contributed by atoms with Gasteiger partial charge >= 0.3 is 0 Å². The Morgan fingerprint density at radius 2 is 1.00 bits per heavy atom. The first-order chi connectivity index (χ1) is 15.5. The summed E-state index contributed by atoms with van der Waals surface area (Å²) in [5, 5.41) is 5.39. The van der Waals surface area contributed by atoms with Crippen LogP contribution in [0.25, 0.3) is 61.5 Å². The Balaban J connectivity index is 1.45. The van der Waals surface area contributed by atoms with E-state index in [1.54, 1.807) is 0 Å². The van der Waals surface area contributed by atoms with Crippen molar-refractivity contribution in [2.75, 3.05) is 0 Å². The Morgan fingerprint density at radius 3 is 1.41 bits per heavy atom. The maximum atomic E-state index is 2.41. The molecule has 0 saturated carbocycles. The summed E-state index contributed by atoms with van der Waals surface area (Å²) in [4.78, 5) is 8.21. The van der Waals surface area contributed by atoms with Crippen LogP contribution in [-0.4, -0.2) is 4.57 Å². The SMILES string of the molecule is Cc1ccc(-c2cc3cc4c(cc3s2)c2cc3sc(-c5ccc(C)s5)cc3cc2n4C)s1. The molecular weight excluding hydrogens is 467 g/mol. The number of fused-ring (bicyclic) bond motifs is 5. The van der Waals surface area contributed by atoms with E-state index in [1.165, 1.54) is 71.2 Å². The smallest absolute Gasteiger partial charge is 0.0495 e. The molecule has 7 rings (SSSR count). The van der Waals surface area contributed by atoms with Crippen LogP contribution in [0.1, 0.15) is 9.75 Å². The van der Waals surface area contributed by atoms with Crippen LogP contribution >= 0.6 is 45.3 Å². The number of hydrogen-bond donors (Lipinski definition) is 0. The first-order valence-corrected chi connectivity index (χ1v) is 13.8. The van der Waals surface area contributed by atoms with Crippen LogP contribution in [0.4, 0.5) is 0 Å². The van der Waals surface area contributed by atoms with Gasteiger partial charge in [0.1, 0.15) is 0 Å². The summed E-state index contributed by atoms with van der Waals surface area (Å²) in [6, 6.07) is 23.2. The van der Waals surface area contributed by atoms with Crippen molar-refractivity contribution in [2.45, 2.75) is 13.8 Å². The Hall–Kier alpha value is -2.44.